The third-order valence-electron chi connectivity index (χ3n) is 3.60. The van der Waals surface area contributed by atoms with Crippen molar-refractivity contribution < 1.29 is 13.2 Å². The molecule has 0 aromatic carbocycles. The fourth-order valence-corrected chi connectivity index (χ4v) is 2.31. The maximum absolute atomic E-state index is 12.9. The molecule has 7 heteroatoms. The molecule has 0 radical (unpaired) electrons. The van der Waals surface area contributed by atoms with E-state index in [1.54, 1.807) is 0 Å². The number of pyridine rings is 1. The third-order valence-corrected chi connectivity index (χ3v) is 3.60. The average Bonchev–Trinajstić information content (AvgIpc) is 2.39. The molecule has 1 unspecified atom stereocenters. The molecule has 0 saturated carbocycles. The molecule has 1 aliphatic heterocycles. The van der Waals surface area contributed by atoms with E-state index in [9.17, 15) is 13.2 Å². The molecule has 1 fully saturated rings. The molecule has 1 N–H and O–H groups in total. The van der Waals surface area contributed by atoms with Crippen LogP contribution < -0.4 is 5.32 Å². The van der Waals surface area contributed by atoms with Crippen LogP contribution in [0.5, 0.6) is 0 Å². The minimum absolute atomic E-state index is 0.0957. The van der Waals surface area contributed by atoms with Gasteiger partial charge in [0, 0.05) is 38.4 Å². The van der Waals surface area contributed by atoms with Crippen LogP contribution in [-0.2, 0) is 6.18 Å². The molecule has 1 aromatic rings. The normalized spacial score (nSPS) is 21.9. The first-order valence-electron chi connectivity index (χ1n) is 6.53. The van der Waals surface area contributed by atoms with Gasteiger partial charge in [-0.25, -0.2) is 4.98 Å². The van der Waals surface area contributed by atoms with Crippen LogP contribution in [0, 0.1) is 0 Å². The second-order valence-corrected chi connectivity index (χ2v) is 5.17. The van der Waals surface area contributed by atoms with E-state index >= 15 is 0 Å². The molecule has 0 aliphatic carbocycles. The Morgan fingerprint density at radius 2 is 2.10 bits per heavy atom. The molecule has 112 valence electrons. The summed E-state index contributed by atoms with van der Waals surface area (Å²) in [6, 6.07) is 2.53. The molecular formula is C13H19F3N4. The molecular weight excluding hydrogens is 269 g/mol. The number of likely N-dealkylation sites (N-methyl/N-ethyl adjacent to an activating group) is 2. The third kappa shape index (κ3) is 3.61. The Balaban J connectivity index is 2.04. The van der Waals surface area contributed by atoms with Crippen LogP contribution >= 0.6 is 0 Å². The van der Waals surface area contributed by atoms with Crippen molar-refractivity contribution in [2.24, 2.45) is 0 Å². The SMILES string of the molecule is CN1CCN(C)C(CNc2ncccc2C(F)(F)F)C1. The van der Waals surface area contributed by atoms with Crippen LogP contribution in [0.3, 0.4) is 0 Å². The van der Waals surface area contributed by atoms with Crippen molar-refractivity contribution in [3.63, 3.8) is 0 Å². The van der Waals surface area contributed by atoms with Crippen molar-refractivity contribution in [2.45, 2.75) is 12.2 Å². The van der Waals surface area contributed by atoms with Gasteiger partial charge in [0.05, 0.1) is 5.56 Å². The Kier molecular flexibility index (Phi) is 4.49. The summed E-state index contributed by atoms with van der Waals surface area (Å²) in [6.45, 7) is 3.17. The van der Waals surface area contributed by atoms with Gasteiger partial charge in [-0.15, -0.1) is 0 Å². The summed E-state index contributed by atoms with van der Waals surface area (Å²) in [4.78, 5) is 8.14. The van der Waals surface area contributed by atoms with E-state index in [1.807, 2.05) is 14.1 Å². The molecule has 4 nitrogen and oxygen atoms in total. The van der Waals surface area contributed by atoms with E-state index in [2.05, 4.69) is 20.1 Å². The largest absolute Gasteiger partial charge is 0.419 e. The first-order valence-corrected chi connectivity index (χ1v) is 6.53. The highest BCUT2D eigenvalue weighted by Gasteiger charge is 2.34. The number of rotatable bonds is 3. The first kappa shape index (κ1) is 15.1. The van der Waals surface area contributed by atoms with Crippen LogP contribution in [0.15, 0.2) is 18.3 Å². The van der Waals surface area contributed by atoms with Crippen molar-refractivity contribution in [3.8, 4) is 0 Å². The van der Waals surface area contributed by atoms with E-state index in [-0.39, 0.29) is 11.9 Å². The number of nitrogens with zero attached hydrogens (tertiary/aromatic N) is 3. The lowest BCUT2D eigenvalue weighted by molar-refractivity contribution is -0.137. The fraction of sp³-hybridized carbons (Fsp3) is 0.615. The summed E-state index contributed by atoms with van der Waals surface area (Å²) in [7, 11) is 4.00. The van der Waals surface area contributed by atoms with Crippen molar-refractivity contribution in [3.05, 3.63) is 23.9 Å². The Labute approximate surface area is 116 Å². The molecule has 1 saturated heterocycles. The monoisotopic (exact) mass is 288 g/mol. The van der Waals surface area contributed by atoms with Crippen molar-refractivity contribution in [1.82, 2.24) is 14.8 Å². The average molecular weight is 288 g/mol. The van der Waals surface area contributed by atoms with Gasteiger partial charge < -0.3 is 10.2 Å². The quantitative estimate of drug-likeness (QED) is 0.918. The smallest absolute Gasteiger partial charge is 0.368 e. The second-order valence-electron chi connectivity index (χ2n) is 5.17. The molecule has 0 amide bonds. The summed E-state index contributed by atoms with van der Waals surface area (Å²) in [6.07, 6.45) is -3.01. The highest BCUT2D eigenvalue weighted by molar-refractivity contribution is 5.45. The maximum Gasteiger partial charge on any atom is 0.419 e. The van der Waals surface area contributed by atoms with E-state index in [1.165, 1.54) is 12.3 Å². The lowest BCUT2D eigenvalue weighted by Gasteiger charge is -2.37. The predicted octanol–water partition coefficient (Wildman–Crippen LogP) is 1.76. The number of hydrogen-bond acceptors (Lipinski definition) is 4. The lowest BCUT2D eigenvalue weighted by Crippen LogP contribution is -2.52. The molecule has 0 spiro atoms. The van der Waals surface area contributed by atoms with E-state index in [0.29, 0.717) is 6.54 Å². The number of aromatic nitrogens is 1. The van der Waals surface area contributed by atoms with Gasteiger partial charge >= 0.3 is 6.18 Å². The Morgan fingerprint density at radius 3 is 2.80 bits per heavy atom. The van der Waals surface area contributed by atoms with Crippen molar-refractivity contribution in [1.29, 1.82) is 0 Å². The number of nitrogens with one attached hydrogen (secondary N) is 1. The summed E-state index contributed by atoms with van der Waals surface area (Å²) >= 11 is 0. The minimum atomic E-state index is -4.38. The Morgan fingerprint density at radius 1 is 1.35 bits per heavy atom. The molecule has 2 heterocycles. The summed E-state index contributed by atoms with van der Waals surface area (Å²) in [5.41, 5.74) is -0.716. The topological polar surface area (TPSA) is 31.4 Å². The van der Waals surface area contributed by atoms with Crippen LogP contribution in [0.2, 0.25) is 0 Å². The van der Waals surface area contributed by atoms with E-state index in [0.717, 1.165) is 25.7 Å². The predicted molar refractivity (Wildman–Crippen MR) is 71.6 cm³/mol. The standard InChI is InChI=1S/C13H19F3N4/c1-19-6-7-20(2)10(9-19)8-18-12-11(13(14,15)16)4-3-5-17-12/h3-5,10H,6-9H2,1-2H3,(H,17,18). The molecule has 20 heavy (non-hydrogen) atoms. The van der Waals surface area contributed by atoms with Gasteiger partial charge in [0.2, 0.25) is 0 Å². The molecule has 1 atom stereocenters. The zero-order chi connectivity index (χ0) is 14.8. The van der Waals surface area contributed by atoms with Crippen LogP contribution in [0.4, 0.5) is 19.0 Å². The molecule has 0 bridgehead atoms. The maximum atomic E-state index is 12.9. The molecule has 1 aliphatic rings. The molecule has 2 rings (SSSR count). The molecule has 1 aromatic heterocycles. The zero-order valence-electron chi connectivity index (χ0n) is 11.6. The van der Waals surface area contributed by atoms with Gasteiger partial charge in [0.15, 0.2) is 0 Å². The minimum Gasteiger partial charge on any atom is -0.368 e. The van der Waals surface area contributed by atoms with E-state index in [4.69, 9.17) is 0 Å². The fourth-order valence-electron chi connectivity index (χ4n) is 2.31. The summed E-state index contributed by atoms with van der Waals surface area (Å²) in [5, 5.41) is 2.84. The summed E-state index contributed by atoms with van der Waals surface area (Å²) in [5.74, 6) is -0.0957. The Bertz CT molecular complexity index is 449. The number of anilines is 1. The highest BCUT2D eigenvalue weighted by Crippen LogP contribution is 2.33. The van der Waals surface area contributed by atoms with Crippen LogP contribution in [0.1, 0.15) is 5.56 Å². The van der Waals surface area contributed by atoms with Gasteiger partial charge in [-0.2, -0.15) is 13.2 Å². The van der Waals surface area contributed by atoms with E-state index < -0.39 is 11.7 Å². The highest BCUT2D eigenvalue weighted by atomic mass is 19.4. The first-order chi connectivity index (χ1) is 9.38. The number of piperazine rings is 1. The van der Waals surface area contributed by atoms with Crippen LogP contribution in [0.25, 0.3) is 0 Å². The van der Waals surface area contributed by atoms with Crippen molar-refractivity contribution >= 4 is 5.82 Å². The van der Waals surface area contributed by atoms with Gasteiger partial charge in [-0.05, 0) is 26.2 Å². The van der Waals surface area contributed by atoms with Gasteiger partial charge in [0.25, 0.3) is 0 Å². The summed E-state index contributed by atoms with van der Waals surface area (Å²) < 4.78 is 38.6. The van der Waals surface area contributed by atoms with Gasteiger partial charge in [-0.1, -0.05) is 0 Å². The number of halogens is 3. The van der Waals surface area contributed by atoms with Gasteiger partial charge in [-0.3, -0.25) is 4.90 Å². The van der Waals surface area contributed by atoms with Crippen LogP contribution in [-0.4, -0.2) is 61.1 Å². The van der Waals surface area contributed by atoms with Gasteiger partial charge in [0.1, 0.15) is 5.82 Å². The Hall–Kier alpha value is -1.34. The lowest BCUT2D eigenvalue weighted by atomic mass is 10.1. The zero-order valence-corrected chi connectivity index (χ0v) is 11.6. The second kappa shape index (κ2) is 5.97. The van der Waals surface area contributed by atoms with Crippen molar-refractivity contribution in [2.75, 3.05) is 45.6 Å². The number of alkyl halides is 3. The number of hydrogen-bond donors (Lipinski definition) is 1.